The van der Waals surface area contributed by atoms with Gasteiger partial charge in [0.15, 0.2) is 0 Å². The summed E-state index contributed by atoms with van der Waals surface area (Å²) in [6, 6.07) is 41.6. The predicted octanol–water partition coefficient (Wildman–Crippen LogP) is 7.43. The van der Waals surface area contributed by atoms with Crippen LogP contribution in [-0.2, 0) is 0 Å². The second kappa shape index (κ2) is 8.36. The van der Waals surface area contributed by atoms with Crippen LogP contribution in [0, 0.1) is 0 Å². The SMILES string of the molecule is ClC1=C(c2ccccc2)C(c2ccccc2)=C(c2ccccc2)[Si]1(Cl)c1ccccc1. The molecule has 1 atom stereocenters. The fourth-order valence-corrected chi connectivity index (χ4v) is 9.64. The maximum atomic E-state index is 7.73. The first-order chi connectivity index (χ1) is 15.2. The summed E-state index contributed by atoms with van der Waals surface area (Å²) in [5.74, 6) is 0. The molecule has 0 radical (unpaired) electrons. The molecule has 5 rings (SSSR count). The summed E-state index contributed by atoms with van der Waals surface area (Å²) < 4.78 is 0.768. The van der Waals surface area contributed by atoms with Crippen LogP contribution in [0.5, 0.6) is 0 Å². The lowest BCUT2D eigenvalue weighted by Crippen LogP contribution is -2.43. The summed E-state index contributed by atoms with van der Waals surface area (Å²) in [6.07, 6.45) is 0. The van der Waals surface area contributed by atoms with E-state index in [9.17, 15) is 0 Å². The van der Waals surface area contributed by atoms with Crippen molar-refractivity contribution in [3.8, 4) is 0 Å². The molecule has 0 nitrogen and oxygen atoms in total. The van der Waals surface area contributed by atoms with E-state index in [0.717, 1.165) is 42.9 Å². The van der Waals surface area contributed by atoms with Gasteiger partial charge in [-0.05, 0) is 32.6 Å². The van der Waals surface area contributed by atoms with Crippen LogP contribution in [0.3, 0.4) is 0 Å². The van der Waals surface area contributed by atoms with Gasteiger partial charge in [-0.1, -0.05) is 133 Å². The molecule has 1 aliphatic rings. The van der Waals surface area contributed by atoms with Crippen molar-refractivity contribution >= 4 is 51.6 Å². The topological polar surface area (TPSA) is 0 Å². The van der Waals surface area contributed by atoms with E-state index in [1.54, 1.807) is 0 Å². The average Bonchev–Trinajstić information content (AvgIpc) is 3.09. The third-order valence-electron chi connectivity index (χ3n) is 5.73. The maximum Gasteiger partial charge on any atom is 0.261 e. The molecular weight excluding hydrogens is 435 g/mol. The van der Waals surface area contributed by atoms with Crippen LogP contribution in [0.2, 0.25) is 0 Å². The van der Waals surface area contributed by atoms with Crippen LogP contribution < -0.4 is 5.19 Å². The van der Waals surface area contributed by atoms with Crippen LogP contribution in [-0.4, -0.2) is 7.38 Å². The normalized spacial score (nSPS) is 18.5. The van der Waals surface area contributed by atoms with Gasteiger partial charge in [0.2, 0.25) is 0 Å². The maximum absolute atomic E-state index is 7.73. The minimum Gasteiger partial charge on any atom is -0.148 e. The summed E-state index contributed by atoms with van der Waals surface area (Å²) in [5, 5.41) is 2.25. The Hall–Kier alpha value is -2.84. The van der Waals surface area contributed by atoms with Crippen molar-refractivity contribution in [2.24, 2.45) is 0 Å². The van der Waals surface area contributed by atoms with Gasteiger partial charge >= 0.3 is 0 Å². The molecule has 4 aromatic rings. The Morgan fingerprint density at radius 2 is 0.839 bits per heavy atom. The van der Waals surface area contributed by atoms with E-state index in [2.05, 4.69) is 84.9 Å². The quantitative estimate of drug-likeness (QED) is 0.222. The first kappa shape index (κ1) is 20.1. The Kier molecular flexibility index (Phi) is 5.41. The van der Waals surface area contributed by atoms with Gasteiger partial charge in [0.25, 0.3) is 7.38 Å². The van der Waals surface area contributed by atoms with Gasteiger partial charge in [-0.3, -0.25) is 0 Å². The summed E-state index contributed by atoms with van der Waals surface area (Å²) in [5.41, 5.74) is 5.51. The van der Waals surface area contributed by atoms with E-state index in [-0.39, 0.29) is 0 Å². The molecule has 0 spiro atoms. The van der Waals surface area contributed by atoms with Gasteiger partial charge in [-0.25, -0.2) is 0 Å². The standard InChI is InChI=1S/C28H20Cl2Si/c29-28-26(22-15-7-2-8-16-22)25(21-13-5-1-6-14-21)27(23-17-9-3-10-18-23)31(28,30)24-19-11-4-12-20-24/h1-20H. The molecular formula is C28H20Cl2Si. The van der Waals surface area contributed by atoms with Crippen LogP contribution in [0.1, 0.15) is 16.7 Å². The second-order valence-electron chi connectivity index (χ2n) is 7.56. The second-order valence-corrected chi connectivity index (χ2v) is 12.9. The molecule has 0 aliphatic carbocycles. The summed E-state index contributed by atoms with van der Waals surface area (Å²) in [4.78, 5) is 0. The van der Waals surface area contributed by atoms with Crippen LogP contribution in [0.4, 0.5) is 0 Å². The lowest BCUT2D eigenvalue weighted by Gasteiger charge is -2.25. The molecule has 0 bridgehead atoms. The largest absolute Gasteiger partial charge is 0.261 e. The van der Waals surface area contributed by atoms with Crippen molar-refractivity contribution in [2.75, 3.05) is 0 Å². The van der Waals surface area contributed by atoms with Gasteiger partial charge in [0, 0.05) is 10.2 Å². The van der Waals surface area contributed by atoms with E-state index in [1.807, 2.05) is 36.4 Å². The van der Waals surface area contributed by atoms with Crippen LogP contribution in [0.25, 0.3) is 16.3 Å². The molecule has 150 valence electrons. The Balaban J connectivity index is 1.92. The minimum atomic E-state index is -2.93. The molecule has 3 heteroatoms. The number of hydrogen-bond donors (Lipinski definition) is 0. The molecule has 0 aromatic heterocycles. The molecule has 4 aromatic carbocycles. The van der Waals surface area contributed by atoms with Gasteiger partial charge < -0.3 is 0 Å². The fourth-order valence-electron chi connectivity index (χ4n) is 4.35. The zero-order valence-electron chi connectivity index (χ0n) is 16.8. The van der Waals surface area contributed by atoms with Crippen molar-refractivity contribution in [3.63, 3.8) is 0 Å². The highest BCUT2D eigenvalue weighted by Crippen LogP contribution is 2.54. The third kappa shape index (κ3) is 3.39. The number of allylic oxidation sites excluding steroid dienone is 2. The predicted molar refractivity (Wildman–Crippen MR) is 137 cm³/mol. The van der Waals surface area contributed by atoms with Crippen LogP contribution in [0.15, 0.2) is 126 Å². The fraction of sp³-hybridized carbons (Fsp3) is 0. The molecule has 1 unspecified atom stereocenters. The molecule has 0 saturated carbocycles. The van der Waals surface area contributed by atoms with Gasteiger partial charge in [-0.2, -0.15) is 0 Å². The lowest BCUT2D eigenvalue weighted by molar-refractivity contribution is 1.58. The first-order valence-electron chi connectivity index (χ1n) is 10.3. The minimum absolute atomic E-state index is 0.768. The Morgan fingerprint density at radius 3 is 1.32 bits per heavy atom. The average molecular weight is 455 g/mol. The first-order valence-corrected chi connectivity index (χ1v) is 13.7. The molecule has 1 aliphatic heterocycles. The number of benzene rings is 4. The van der Waals surface area contributed by atoms with Gasteiger partial charge in [0.05, 0.1) is 0 Å². The van der Waals surface area contributed by atoms with Crippen molar-refractivity contribution in [1.82, 2.24) is 0 Å². The smallest absolute Gasteiger partial charge is 0.148 e. The molecule has 0 fully saturated rings. The van der Waals surface area contributed by atoms with E-state index in [4.69, 9.17) is 22.7 Å². The van der Waals surface area contributed by atoms with E-state index >= 15 is 0 Å². The Morgan fingerprint density at radius 1 is 0.452 bits per heavy atom. The van der Waals surface area contributed by atoms with Crippen LogP contribution >= 0.6 is 22.7 Å². The number of hydrogen-bond acceptors (Lipinski definition) is 0. The van der Waals surface area contributed by atoms with Crippen molar-refractivity contribution in [3.05, 3.63) is 143 Å². The zero-order valence-corrected chi connectivity index (χ0v) is 19.3. The molecule has 0 amide bonds. The number of rotatable bonds is 4. The molecule has 31 heavy (non-hydrogen) atoms. The molecule has 1 heterocycles. The Labute approximate surface area is 193 Å². The van der Waals surface area contributed by atoms with E-state index in [1.165, 1.54) is 0 Å². The highest BCUT2D eigenvalue weighted by molar-refractivity contribution is 7.44. The summed E-state index contributed by atoms with van der Waals surface area (Å²) in [6.45, 7) is 0. The molecule has 0 N–H and O–H groups in total. The highest BCUT2D eigenvalue weighted by Gasteiger charge is 2.50. The zero-order chi connectivity index (χ0) is 21.3. The van der Waals surface area contributed by atoms with Crippen molar-refractivity contribution in [2.45, 2.75) is 0 Å². The van der Waals surface area contributed by atoms with Gasteiger partial charge in [0.1, 0.15) is 0 Å². The van der Waals surface area contributed by atoms with Gasteiger partial charge in [-0.15, -0.1) is 11.1 Å². The summed E-state index contributed by atoms with van der Waals surface area (Å²) in [7, 11) is -2.93. The van der Waals surface area contributed by atoms with E-state index < -0.39 is 7.38 Å². The third-order valence-corrected chi connectivity index (χ3v) is 12.1. The summed E-state index contributed by atoms with van der Waals surface area (Å²) >= 11 is 15.0. The van der Waals surface area contributed by atoms with Crippen molar-refractivity contribution < 1.29 is 0 Å². The molecule has 0 saturated heterocycles. The monoisotopic (exact) mass is 454 g/mol. The van der Waals surface area contributed by atoms with E-state index in [0.29, 0.717) is 0 Å². The van der Waals surface area contributed by atoms with Crippen molar-refractivity contribution in [1.29, 1.82) is 0 Å². The highest BCUT2D eigenvalue weighted by atomic mass is 35.6. The Bertz CT molecular complexity index is 1260. The number of halogens is 2. The lowest BCUT2D eigenvalue weighted by atomic mass is 9.92.